The molecule has 1 amide bonds. The number of hydrogen-bond acceptors (Lipinski definition) is 2. The van der Waals surface area contributed by atoms with Gasteiger partial charge in [0.15, 0.2) is 0 Å². The number of piperidine rings is 1. The van der Waals surface area contributed by atoms with Gasteiger partial charge in [0, 0.05) is 12.6 Å². The number of carbonyl (C=O) groups excluding carboxylic acids is 1. The summed E-state index contributed by atoms with van der Waals surface area (Å²) in [4.78, 5) is 14.5. The van der Waals surface area contributed by atoms with Crippen molar-refractivity contribution in [1.29, 1.82) is 0 Å². The van der Waals surface area contributed by atoms with Crippen molar-refractivity contribution in [2.45, 2.75) is 48.4 Å². The van der Waals surface area contributed by atoms with Gasteiger partial charge >= 0.3 is 0 Å². The quantitative estimate of drug-likeness (QED) is 0.662. The van der Waals surface area contributed by atoms with Gasteiger partial charge < -0.3 is 9.64 Å². The van der Waals surface area contributed by atoms with Crippen molar-refractivity contribution in [2.24, 2.45) is 11.8 Å². The van der Waals surface area contributed by atoms with Gasteiger partial charge in [0.1, 0.15) is 5.75 Å². The van der Waals surface area contributed by atoms with Crippen molar-refractivity contribution in [1.82, 2.24) is 4.90 Å². The summed E-state index contributed by atoms with van der Waals surface area (Å²) in [5.41, 5.74) is 1.18. The maximum absolute atomic E-state index is 12.7. The zero-order valence-corrected chi connectivity index (χ0v) is 16.7. The Morgan fingerprint density at radius 3 is 2.48 bits per heavy atom. The van der Waals surface area contributed by atoms with E-state index in [-0.39, 0.29) is 11.9 Å². The molecule has 0 radical (unpaired) electrons. The normalized spacial score (nSPS) is 26.9. The lowest BCUT2D eigenvalue weighted by atomic mass is 9.69. The van der Waals surface area contributed by atoms with Gasteiger partial charge in [-0.1, -0.05) is 66.2 Å². The summed E-state index contributed by atoms with van der Waals surface area (Å²) in [5, 5.41) is 0. The van der Waals surface area contributed by atoms with E-state index in [9.17, 15) is 4.79 Å². The fourth-order valence-electron chi connectivity index (χ4n) is 4.48. The first-order valence-electron chi connectivity index (χ1n) is 8.91. The van der Waals surface area contributed by atoms with E-state index in [0.29, 0.717) is 18.4 Å². The number of rotatable bonds is 3. The summed E-state index contributed by atoms with van der Waals surface area (Å²) in [7, 11) is 1.66. The number of fused-ring (bicyclic) bond motifs is 1. The number of likely N-dealkylation sites (tertiary alicyclic amines) is 1. The number of nitrogens with zero attached hydrogens (tertiary/aromatic N) is 1. The zero-order chi connectivity index (χ0) is 18.0. The molecule has 1 aliphatic heterocycles. The first kappa shape index (κ1) is 19.1. The van der Waals surface area contributed by atoms with Crippen molar-refractivity contribution in [3.05, 3.63) is 29.8 Å². The van der Waals surface area contributed by atoms with E-state index in [0.717, 1.165) is 25.0 Å². The third kappa shape index (κ3) is 4.37. The second kappa shape index (κ2) is 7.94. The predicted molar refractivity (Wildman–Crippen MR) is 103 cm³/mol. The topological polar surface area (TPSA) is 29.5 Å². The summed E-state index contributed by atoms with van der Waals surface area (Å²) in [5.74, 6) is 1.61. The van der Waals surface area contributed by atoms with Crippen LogP contribution in [-0.2, 0) is 11.2 Å². The SMILES string of the molecule is COc1ccc(CC2C3CCCCC3CCN2C(=O)C(Cl)(Cl)Cl)cc1. The van der Waals surface area contributed by atoms with E-state index < -0.39 is 3.79 Å². The lowest BCUT2D eigenvalue weighted by molar-refractivity contribution is -0.137. The van der Waals surface area contributed by atoms with Crippen molar-refractivity contribution in [2.75, 3.05) is 13.7 Å². The van der Waals surface area contributed by atoms with Crippen LogP contribution in [0.25, 0.3) is 0 Å². The molecule has 1 aromatic carbocycles. The molecule has 1 heterocycles. The largest absolute Gasteiger partial charge is 0.497 e. The Hall–Kier alpha value is -0.640. The second-order valence-corrected chi connectivity index (χ2v) is 9.39. The monoisotopic (exact) mass is 403 g/mol. The average Bonchev–Trinajstić information content (AvgIpc) is 2.61. The Labute approximate surface area is 164 Å². The molecule has 3 nitrogen and oxygen atoms in total. The molecule has 3 unspecified atom stereocenters. The second-order valence-electron chi connectivity index (χ2n) is 7.11. The Kier molecular flexibility index (Phi) is 6.07. The lowest BCUT2D eigenvalue weighted by Crippen LogP contribution is -2.56. The minimum Gasteiger partial charge on any atom is -0.497 e. The number of carbonyl (C=O) groups is 1. The van der Waals surface area contributed by atoms with Gasteiger partial charge in [-0.25, -0.2) is 0 Å². The van der Waals surface area contributed by atoms with Crippen LogP contribution in [-0.4, -0.2) is 34.3 Å². The van der Waals surface area contributed by atoms with Gasteiger partial charge in [0.25, 0.3) is 9.70 Å². The van der Waals surface area contributed by atoms with Gasteiger partial charge in [-0.3, -0.25) is 4.79 Å². The van der Waals surface area contributed by atoms with Gasteiger partial charge in [-0.15, -0.1) is 0 Å². The van der Waals surface area contributed by atoms with Gasteiger partial charge in [0.2, 0.25) is 0 Å². The highest BCUT2D eigenvalue weighted by Gasteiger charge is 2.45. The van der Waals surface area contributed by atoms with Crippen LogP contribution in [0.15, 0.2) is 24.3 Å². The molecular formula is C19H24Cl3NO2. The Morgan fingerprint density at radius 2 is 1.84 bits per heavy atom. The van der Waals surface area contributed by atoms with E-state index in [1.807, 2.05) is 17.0 Å². The van der Waals surface area contributed by atoms with Crippen molar-refractivity contribution in [3.63, 3.8) is 0 Å². The third-order valence-electron chi connectivity index (χ3n) is 5.71. The number of hydrogen-bond donors (Lipinski definition) is 0. The molecule has 0 spiro atoms. The molecule has 2 fully saturated rings. The van der Waals surface area contributed by atoms with Gasteiger partial charge in [-0.05, 0) is 48.8 Å². The van der Waals surface area contributed by atoms with Gasteiger partial charge in [-0.2, -0.15) is 0 Å². The lowest BCUT2D eigenvalue weighted by Gasteiger charge is -2.48. The fraction of sp³-hybridized carbons (Fsp3) is 0.632. The van der Waals surface area contributed by atoms with E-state index in [2.05, 4.69) is 12.1 Å². The molecule has 0 bridgehead atoms. The summed E-state index contributed by atoms with van der Waals surface area (Å²) in [6.45, 7) is 0.675. The first-order chi connectivity index (χ1) is 11.9. The number of benzene rings is 1. The molecule has 3 atom stereocenters. The highest BCUT2D eigenvalue weighted by molar-refractivity contribution is 6.76. The Morgan fingerprint density at radius 1 is 1.16 bits per heavy atom. The van der Waals surface area contributed by atoms with E-state index in [4.69, 9.17) is 39.5 Å². The number of amides is 1. The summed E-state index contributed by atoms with van der Waals surface area (Å²) in [6, 6.07) is 8.12. The summed E-state index contributed by atoms with van der Waals surface area (Å²) >= 11 is 17.8. The molecule has 2 aliphatic rings. The van der Waals surface area contributed by atoms with Crippen LogP contribution >= 0.6 is 34.8 Å². The Balaban J connectivity index is 1.85. The average molecular weight is 405 g/mol. The highest BCUT2D eigenvalue weighted by atomic mass is 35.6. The van der Waals surface area contributed by atoms with E-state index >= 15 is 0 Å². The number of alkyl halides is 3. The molecular weight excluding hydrogens is 381 g/mol. The fourth-order valence-corrected chi connectivity index (χ4v) is 4.81. The molecule has 0 N–H and O–H groups in total. The minimum absolute atomic E-state index is 0.0931. The van der Waals surface area contributed by atoms with Crippen LogP contribution in [0.2, 0.25) is 0 Å². The third-order valence-corrected chi connectivity index (χ3v) is 6.20. The maximum Gasteiger partial charge on any atom is 0.274 e. The molecule has 1 saturated heterocycles. The Bertz CT molecular complexity index is 600. The highest BCUT2D eigenvalue weighted by Crippen LogP contribution is 2.43. The van der Waals surface area contributed by atoms with Crippen LogP contribution < -0.4 is 4.74 Å². The molecule has 138 valence electrons. The molecule has 1 aliphatic carbocycles. The standard InChI is InChI=1S/C19H24Cl3NO2/c1-25-15-8-6-13(7-9-15)12-17-16-5-3-2-4-14(16)10-11-23(17)18(24)19(20,21)22/h6-9,14,16-17H,2-5,10-12H2,1H3. The molecule has 25 heavy (non-hydrogen) atoms. The van der Waals surface area contributed by atoms with Crippen LogP contribution in [0.3, 0.4) is 0 Å². The zero-order valence-electron chi connectivity index (χ0n) is 14.4. The number of methoxy groups -OCH3 is 1. The van der Waals surface area contributed by atoms with Crippen molar-refractivity contribution >= 4 is 40.7 Å². The smallest absolute Gasteiger partial charge is 0.274 e. The van der Waals surface area contributed by atoms with Crippen LogP contribution in [0.4, 0.5) is 0 Å². The molecule has 6 heteroatoms. The maximum atomic E-state index is 12.7. The van der Waals surface area contributed by atoms with Crippen molar-refractivity contribution in [3.8, 4) is 5.75 Å². The number of halogens is 3. The molecule has 3 rings (SSSR count). The van der Waals surface area contributed by atoms with Gasteiger partial charge in [0.05, 0.1) is 7.11 Å². The van der Waals surface area contributed by atoms with E-state index in [1.165, 1.54) is 24.8 Å². The van der Waals surface area contributed by atoms with E-state index in [1.54, 1.807) is 7.11 Å². The van der Waals surface area contributed by atoms with Crippen molar-refractivity contribution < 1.29 is 9.53 Å². The summed E-state index contributed by atoms with van der Waals surface area (Å²) < 4.78 is 3.34. The molecule has 1 aromatic rings. The molecule has 1 saturated carbocycles. The van der Waals surface area contributed by atoms with Crippen LogP contribution in [0.5, 0.6) is 5.75 Å². The van der Waals surface area contributed by atoms with Crippen LogP contribution in [0.1, 0.15) is 37.7 Å². The van der Waals surface area contributed by atoms with Crippen LogP contribution in [0, 0.1) is 11.8 Å². The summed E-state index contributed by atoms with van der Waals surface area (Å²) in [6.07, 6.45) is 6.70. The predicted octanol–water partition coefficient (Wildman–Crippen LogP) is 5.02. The minimum atomic E-state index is -1.89. The molecule has 0 aromatic heterocycles. The number of ether oxygens (including phenoxy) is 1. The first-order valence-corrected chi connectivity index (χ1v) is 10.0.